The second kappa shape index (κ2) is 11.5. The van der Waals surface area contributed by atoms with Crippen LogP contribution in [-0.4, -0.2) is 27.6 Å². The molecule has 1 aromatic rings. The van der Waals surface area contributed by atoms with Gasteiger partial charge in [0.15, 0.2) is 0 Å². The van der Waals surface area contributed by atoms with Gasteiger partial charge >= 0.3 is 5.97 Å². The Morgan fingerprint density at radius 1 is 1.14 bits per heavy atom. The summed E-state index contributed by atoms with van der Waals surface area (Å²) < 4.78 is 0. The molecule has 1 fully saturated rings. The van der Waals surface area contributed by atoms with Gasteiger partial charge in [-0.15, -0.1) is 0 Å². The fourth-order valence-electron chi connectivity index (χ4n) is 3.94. The van der Waals surface area contributed by atoms with Gasteiger partial charge in [0.05, 0.1) is 0 Å². The molecule has 5 nitrogen and oxygen atoms in total. The van der Waals surface area contributed by atoms with Crippen molar-refractivity contribution in [2.45, 2.75) is 89.4 Å². The molecule has 0 radical (unpaired) electrons. The first-order chi connectivity index (χ1) is 13.8. The van der Waals surface area contributed by atoms with E-state index in [9.17, 15) is 9.90 Å². The van der Waals surface area contributed by atoms with Crippen LogP contribution in [0.25, 0.3) is 6.08 Å². The third-order valence-corrected chi connectivity index (χ3v) is 5.58. The topological polar surface area (TPSA) is 76.0 Å². The minimum Gasteiger partial charge on any atom is -0.481 e. The monoisotopic (exact) mass is 404 g/mol. The maximum Gasteiger partial charge on any atom is 0.308 e. The van der Waals surface area contributed by atoms with E-state index in [1.807, 2.05) is 13.0 Å². The zero-order valence-electron chi connectivity index (χ0n) is 17.8. The Morgan fingerprint density at radius 2 is 1.86 bits per heavy atom. The van der Waals surface area contributed by atoms with Crippen molar-refractivity contribution >= 4 is 12.0 Å². The second-order valence-corrected chi connectivity index (χ2v) is 8.75. The van der Waals surface area contributed by atoms with E-state index in [0.717, 1.165) is 19.3 Å². The van der Waals surface area contributed by atoms with E-state index in [-0.39, 0.29) is 6.42 Å². The van der Waals surface area contributed by atoms with Gasteiger partial charge in [-0.05, 0) is 44.1 Å². The molecule has 5 heteroatoms. The molecule has 2 rings (SSSR count). The molecule has 162 valence electrons. The number of rotatable bonds is 12. The summed E-state index contributed by atoms with van der Waals surface area (Å²) in [6.45, 7) is 4.19. The quantitative estimate of drug-likeness (QED) is 0.344. The number of allylic oxidation sites excluding steroid dienone is 1. The molecule has 1 aromatic carbocycles. The molecule has 1 aliphatic rings. The van der Waals surface area contributed by atoms with Crippen molar-refractivity contribution in [3.05, 3.63) is 42.0 Å². The van der Waals surface area contributed by atoms with E-state index in [0.29, 0.717) is 12.3 Å². The van der Waals surface area contributed by atoms with Crippen LogP contribution in [0.3, 0.4) is 0 Å². The average molecular weight is 405 g/mol. The van der Waals surface area contributed by atoms with Crippen molar-refractivity contribution in [3.63, 3.8) is 0 Å². The van der Waals surface area contributed by atoms with E-state index in [1.54, 1.807) is 0 Å². The van der Waals surface area contributed by atoms with Gasteiger partial charge in [0.1, 0.15) is 12.0 Å². The first kappa shape index (κ1) is 23.6. The highest BCUT2D eigenvalue weighted by Gasteiger charge is 2.43. The van der Waals surface area contributed by atoms with Crippen LogP contribution >= 0.6 is 0 Å². The van der Waals surface area contributed by atoms with Crippen LogP contribution in [-0.2, 0) is 14.6 Å². The van der Waals surface area contributed by atoms with Crippen LogP contribution in [0.1, 0.15) is 83.6 Å². The number of benzene rings is 1. The van der Waals surface area contributed by atoms with Gasteiger partial charge in [0.2, 0.25) is 5.79 Å². The lowest BCUT2D eigenvalue weighted by atomic mass is 9.84. The molecule has 0 aromatic heterocycles. The lowest BCUT2D eigenvalue weighted by Crippen LogP contribution is -2.47. The van der Waals surface area contributed by atoms with Crippen molar-refractivity contribution in [2.24, 2.45) is 5.92 Å². The molecule has 2 N–H and O–H groups in total. The van der Waals surface area contributed by atoms with E-state index >= 15 is 0 Å². The smallest absolute Gasteiger partial charge is 0.308 e. The highest BCUT2D eigenvalue weighted by atomic mass is 17.2. The van der Waals surface area contributed by atoms with Crippen molar-refractivity contribution in [2.75, 3.05) is 0 Å². The van der Waals surface area contributed by atoms with Crippen molar-refractivity contribution < 1.29 is 24.8 Å². The Balaban J connectivity index is 1.55. The fraction of sp³-hybridized carbons (Fsp3) is 0.625. The van der Waals surface area contributed by atoms with Gasteiger partial charge in [-0.3, -0.25) is 4.79 Å². The van der Waals surface area contributed by atoms with Crippen LogP contribution < -0.4 is 0 Å². The zero-order valence-corrected chi connectivity index (χ0v) is 17.8. The SMILES string of the molecule is CC(CCCCCCC=Cc1ccccc1)CC1(C)CCC(O)(CC(=O)O)OO1. The predicted octanol–water partition coefficient (Wildman–Crippen LogP) is 5.73. The normalized spacial score (nSPS) is 25.9. The first-order valence-corrected chi connectivity index (χ1v) is 10.8. The molecule has 1 saturated heterocycles. The molecule has 0 bridgehead atoms. The number of aliphatic hydroxyl groups is 1. The first-order valence-electron chi connectivity index (χ1n) is 10.8. The Labute approximate surface area is 174 Å². The highest BCUT2D eigenvalue weighted by Crippen LogP contribution is 2.38. The van der Waals surface area contributed by atoms with Crippen LogP contribution in [0.15, 0.2) is 36.4 Å². The maximum atomic E-state index is 10.8. The summed E-state index contributed by atoms with van der Waals surface area (Å²) in [5.41, 5.74) is 0.789. The van der Waals surface area contributed by atoms with Crippen LogP contribution in [0, 0.1) is 5.92 Å². The number of carbonyl (C=O) groups is 1. The summed E-state index contributed by atoms with van der Waals surface area (Å²) in [5, 5.41) is 18.9. The molecule has 3 atom stereocenters. The minimum atomic E-state index is -1.70. The molecule has 0 spiro atoms. The molecule has 29 heavy (non-hydrogen) atoms. The average Bonchev–Trinajstić information content (AvgIpc) is 2.67. The van der Waals surface area contributed by atoms with E-state index in [1.165, 1.54) is 31.2 Å². The number of aliphatic carboxylic acids is 1. The van der Waals surface area contributed by atoms with E-state index < -0.39 is 23.8 Å². The van der Waals surface area contributed by atoms with Crippen molar-refractivity contribution in [1.29, 1.82) is 0 Å². The zero-order chi connectivity index (χ0) is 21.2. The van der Waals surface area contributed by atoms with E-state index in [2.05, 4.69) is 43.3 Å². The van der Waals surface area contributed by atoms with Crippen LogP contribution in [0.5, 0.6) is 0 Å². The second-order valence-electron chi connectivity index (χ2n) is 8.75. The van der Waals surface area contributed by atoms with Crippen LogP contribution in [0.4, 0.5) is 0 Å². The number of carboxylic acid groups (broad SMARTS) is 1. The van der Waals surface area contributed by atoms with Crippen molar-refractivity contribution in [3.8, 4) is 0 Å². The minimum absolute atomic E-state index is 0.277. The third-order valence-electron chi connectivity index (χ3n) is 5.58. The molecular formula is C24H36O5. The predicted molar refractivity (Wildman–Crippen MR) is 114 cm³/mol. The van der Waals surface area contributed by atoms with Gasteiger partial charge < -0.3 is 10.2 Å². The molecule has 0 amide bonds. The molecule has 0 saturated carbocycles. The Bertz CT molecular complexity index is 632. The van der Waals surface area contributed by atoms with Crippen molar-refractivity contribution in [1.82, 2.24) is 0 Å². The number of carboxylic acids is 1. The third kappa shape index (κ3) is 9.11. The molecule has 1 aliphatic heterocycles. The summed E-state index contributed by atoms with van der Waals surface area (Å²) in [6.07, 6.45) is 12.8. The summed E-state index contributed by atoms with van der Waals surface area (Å²) in [7, 11) is 0. The van der Waals surface area contributed by atoms with Gasteiger partial charge in [0, 0.05) is 6.42 Å². The molecule has 0 aliphatic carbocycles. The van der Waals surface area contributed by atoms with Crippen LogP contribution in [0.2, 0.25) is 0 Å². The fourth-order valence-corrected chi connectivity index (χ4v) is 3.94. The van der Waals surface area contributed by atoms with Gasteiger partial charge in [-0.1, -0.05) is 75.1 Å². The summed E-state index contributed by atoms with van der Waals surface area (Å²) in [6, 6.07) is 10.4. The number of hydrogen-bond donors (Lipinski definition) is 2. The number of hydrogen-bond acceptors (Lipinski definition) is 4. The summed E-state index contributed by atoms with van der Waals surface area (Å²) in [4.78, 5) is 21.3. The summed E-state index contributed by atoms with van der Waals surface area (Å²) in [5.74, 6) is -2.31. The molecule has 1 heterocycles. The molecular weight excluding hydrogens is 368 g/mol. The lowest BCUT2D eigenvalue weighted by molar-refractivity contribution is -0.483. The standard InChI is InChI=1S/C24H36O5/c1-20(18-23(2)16-17-24(27,29-28-23)19-22(25)26)12-8-5-3-4-6-9-13-21-14-10-7-11-15-21/h7,9-11,13-15,20,27H,3-6,8,12,16-19H2,1-2H3,(H,25,26). The van der Waals surface area contributed by atoms with E-state index in [4.69, 9.17) is 14.9 Å². The Kier molecular flexibility index (Phi) is 9.34. The van der Waals surface area contributed by atoms with Gasteiger partial charge in [0.25, 0.3) is 0 Å². The highest BCUT2D eigenvalue weighted by molar-refractivity contribution is 5.67. The Morgan fingerprint density at radius 3 is 2.52 bits per heavy atom. The summed E-state index contributed by atoms with van der Waals surface area (Å²) >= 11 is 0. The van der Waals surface area contributed by atoms with Gasteiger partial charge in [-0.25, -0.2) is 9.78 Å². The Hall–Kier alpha value is -1.69. The largest absolute Gasteiger partial charge is 0.481 e. The van der Waals surface area contributed by atoms with Gasteiger partial charge in [-0.2, -0.15) is 0 Å². The number of unbranched alkanes of at least 4 members (excludes halogenated alkanes) is 4. The molecule has 3 unspecified atom stereocenters. The maximum absolute atomic E-state index is 10.8. The lowest BCUT2D eigenvalue weighted by Gasteiger charge is -2.41.